The zero-order valence-electron chi connectivity index (χ0n) is 17.3. The molecule has 9 nitrogen and oxygen atoms in total. The average Bonchev–Trinajstić information content (AvgIpc) is 2.69. The molecule has 0 aromatic heterocycles. The van der Waals surface area contributed by atoms with E-state index in [1.54, 1.807) is 0 Å². The summed E-state index contributed by atoms with van der Waals surface area (Å²) in [6, 6.07) is -0.887. The van der Waals surface area contributed by atoms with Crippen molar-refractivity contribution in [1.82, 2.24) is 21.3 Å². The SMILES string of the molecule is CCCCCNC(=O)CNC(=O)CCC(N)C(=O)NCC(=O)NCCCCC. The molecule has 28 heavy (non-hydrogen) atoms. The van der Waals surface area contributed by atoms with Gasteiger partial charge in [0.25, 0.3) is 0 Å². The molecule has 0 saturated carbocycles. The summed E-state index contributed by atoms with van der Waals surface area (Å²) < 4.78 is 0. The van der Waals surface area contributed by atoms with E-state index in [-0.39, 0.29) is 43.7 Å². The highest BCUT2D eigenvalue weighted by atomic mass is 16.2. The lowest BCUT2D eigenvalue weighted by Crippen LogP contribution is -2.45. The first-order chi connectivity index (χ1) is 13.4. The molecular formula is C19H37N5O4. The van der Waals surface area contributed by atoms with Crippen LogP contribution in [0.4, 0.5) is 0 Å². The molecule has 0 bridgehead atoms. The summed E-state index contributed by atoms with van der Waals surface area (Å²) in [5.41, 5.74) is 5.74. The molecule has 1 unspecified atom stereocenters. The highest BCUT2D eigenvalue weighted by molar-refractivity contribution is 5.88. The molecule has 0 aliphatic heterocycles. The van der Waals surface area contributed by atoms with E-state index in [4.69, 9.17) is 5.73 Å². The molecule has 0 saturated heterocycles. The van der Waals surface area contributed by atoms with Crippen molar-refractivity contribution in [1.29, 1.82) is 0 Å². The Morgan fingerprint density at radius 2 is 1.21 bits per heavy atom. The number of unbranched alkanes of at least 4 members (excludes halogenated alkanes) is 4. The van der Waals surface area contributed by atoms with Gasteiger partial charge >= 0.3 is 0 Å². The molecule has 1 atom stereocenters. The van der Waals surface area contributed by atoms with Crippen molar-refractivity contribution < 1.29 is 19.2 Å². The third kappa shape index (κ3) is 15.0. The molecular weight excluding hydrogens is 362 g/mol. The van der Waals surface area contributed by atoms with E-state index in [2.05, 4.69) is 35.1 Å². The third-order valence-corrected chi connectivity index (χ3v) is 4.09. The van der Waals surface area contributed by atoms with Crippen LogP contribution in [-0.2, 0) is 19.2 Å². The van der Waals surface area contributed by atoms with Gasteiger partial charge in [0.05, 0.1) is 19.1 Å². The van der Waals surface area contributed by atoms with Crippen LogP contribution in [0.5, 0.6) is 0 Å². The minimum absolute atomic E-state index is 0.0287. The smallest absolute Gasteiger partial charge is 0.239 e. The average molecular weight is 400 g/mol. The van der Waals surface area contributed by atoms with E-state index < -0.39 is 11.9 Å². The second kappa shape index (κ2) is 17.0. The normalized spacial score (nSPS) is 11.4. The largest absolute Gasteiger partial charge is 0.355 e. The summed E-state index contributed by atoms with van der Waals surface area (Å²) in [7, 11) is 0. The summed E-state index contributed by atoms with van der Waals surface area (Å²) >= 11 is 0. The van der Waals surface area contributed by atoms with Crippen molar-refractivity contribution >= 4 is 23.6 Å². The molecule has 162 valence electrons. The highest BCUT2D eigenvalue weighted by Crippen LogP contribution is 1.95. The van der Waals surface area contributed by atoms with Crippen molar-refractivity contribution in [3.63, 3.8) is 0 Å². The summed E-state index contributed by atoms with van der Waals surface area (Å²) in [5, 5.41) is 10.4. The number of rotatable bonds is 16. The molecule has 0 spiro atoms. The molecule has 0 aliphatic rings. The molecule has 0 fully saturated rings. The highest BCUT2D eigenvalue weighted by Gasteiger charge is 2.16. The number of hydrogen-bond donors (Lipinski definition) is 5. The van der Waals surface area contributed by atoms with Gasteiger partial charge in [-0.05, 0) is 19.3 Å². The van der Waals surface area contributed by atoms with E-state index in [0.717, 1.165) is 38.5 Å². The second-order valence-corrected chi connectivity index (χ2v) is 6.75. The molecule has 6 N–H and O–H groups in total. The van der Waals surface area contributed by atoms with Crippen molar-refractivity contribution in [2.24, 2.45) is 5.73 Å². The summed E-state index contributed by atoms with van der Waals surface area (Å²) in [6.07, 6.45) is 6.21. The van der Waals surface area contributed by atoms with Crippen LogP contribution in [0.3, 0.4) is 0 Å². The lowest BCUT2D eigenvalue weighted by molar-refractivity contribution is -0.128. The maximum Gasteiger partial charge on any atom is 0.239 e. The van der Waals surface area contributed by atoms with Gasteiger partial charge in [0.1, 0.15) is 0 Å². The Morgan fingerprint density at radius 1 is 0.714 bits per heavy atom. The van der Waals surface area contributed by atoms with Gasteiger partial charge in [0, 0.05) is 19.5 Å². The van der Waals surface area contributed by atoms with Gasteiger partial charge < -0.3 is 27.0 Å². The topological polar surface area (TPSA) is 142 Å². The van der Waals surface area contributed by atoms with Crippen LogP contribution < -0.4 is 27.0 Å². The predicted octanol–water partition coefficient (Wildman–Crippen LogP) is -0.0609. The molecule has 4 amide bonds. The van der Waals surface area contributed by atoms with Crippen molar-refractivity contribution in [3.05, 3.63) is 0 Å². The van der Waals surface area contributed by atoms with Gasteiger partial charge in [-0.1, -0.05) is 39.5 Å². The maximum atomic E-state index is 11.9. The van der Waals surface area contributed by atoms with Crippen molar-refractivity contribution in [3.8, 4) is 0 Å². The Bertz CT molecular complexity index is 485. The Labute approximate surface area is 167 Å². The van der Waals surface area contributed by atoms with Gasteiger partial charge in [0.2, 0.25) is 23.6 Å². The molecule has 0 radical (unpaired) electrons. The van der Waals surface area contributed by atoms with Gasteiger partial charge in [0.15, 0.2) is 0 Å². The molecule has 0 heterocycles. The van der Waals surface area contributed by atoms with Crippen LogP contribution in [0.2, 0.25) is 0 Å². The van der Waals surface area contributed by atoms with Crippen LogP contribution in [0, 0.1) is 0 Å². The summed E-state index contributed by atoms with van der Waals surface area (Å²) in [4.78, 5) is 46.8. The molecule has 9 heteroatoms. The van der Waals surface area contributed by atoms with Crippen LogP contribution in [0.25, 0.3) is 0 Å². The van der Waals surface area contributed by atoms with Gasteiger partial charge in [-0.25, -0.2) is 0 Å². The lowest BCUT2D eigenvalue weighted by Gasteiger charge is -2.12. The third-order valence-electron chi connectivity index (χ3n) is 4.09. The van der Waals surface area contributed by atoms with E-state index in [0.29, 0.717) is 13.1 Å². The molecule has 0 aromatic carbocycles. The van der Waals surface area contributed by atoms with Crippen molar-refractivity contribution in [2.45, 2.75) is 71.3 Å². The number of carbonyl (C=O) groups excluding carboxylic acids is 4. The zero-order valence-corrected chi connectivity index (χ0v) is 17.3. The minimum atomic E-state index is -0.887. The summed E-state index contributed by atoms with van der Waals surface area (Å²) in [5.74, 6) is -1.33. The first-order valence-electron chi connectivity index (χ1n) is 10.2. The zero-order chi connectivity index (χ0) is 21.2. The van der Waals surface area contributed by atoms with Gasteiger partial charge in [-0.3, -0.25) is 19.2 Å². The number of nitrogens with one attached hydrogen (secondary N) is 4. The van der Waals surface area contributed by atoms with E-state index in [9.17, 15) is 19.2 Å². The lowest BCUT2D eigenvalue weighted by atomic mass is 10.1. The Morgan fingerprint density at radius 3 is 1.71 bits per heavy atom. The Balaban J connectivity index is 3.83. The van der Waals surface area contributed by atoms with E-state index in [1.165, 1.54) is 0 Å². The predicted molar refractivity (Wildman–Crippen MR) is 108 cm³/mol. The standard InChI is InChI=1S/C19H37N5O4/c1-3-5-7-11-21-17(26)13-23-16(25)10-9-15(20)19(28)24-14-18(27)22-12-8-6-4-2/h15H,3-14,20H2,1-2H3,(H,21,26)(H,22,27)(H,23,25)(H,24,28). The first-order valence-corrected chi connectivity index (χ1v) is 10.2. The van der Waals surface area contributed by atoms with Crippen molar-refractivity contribution in [2.75, 3.05) is 26.2 Å². The van der Waals surface area contributed by atoms with E-state index >= 15 is 0 Å². The number of amides is 4. The van der Waals surface area contributed by atoms with Crippen LogP contribution in [0.15, 0.2) is 0 Å². The maximum absolute atomic E-state index is 11.9. The quantitative estimate of drug-likeness (QED) is 0.231. The number of carbonyl (C=O) groups is 4. The first kappa shape index (κ1) is 25.8. The minimum Gasteiger partial charge on any atom is -0.355 e. The monoisotopic (exact) mass is 399 g/mol. The molecule has 0 rings (SSSR count). The number of nitrogens with two attached hydrogens (primary N) is 1. The van der Waals surface area contributed by atoms with Crippen LogP contribution >= 0.6 is 0 Å². The fraction of sp³-hybridized carbons (Fsp3) is 0.789. The second-order valence-electron chi connectivity index (χ2n) is 6.75. The van der Waals surface area contributed by atoms with Crippen LogP contribution in [0.1, 0.15) is 65.2 Å². The number of hydrogen-bond acceptors (Lipinski definition) is 5. The van der Waals surface area contributed by atoms with Gasteiger partial charge in [-0.15, -0.1) is 0 Å². The van der Waals surface area contributed by atoms with E-state index in [1.807, 2.05) is 0 Å². The molecule has 0 aromatic rings. The Kier molecular flexibility index (Phi) is 15.7. The van der Waals surface area contributed by atoms with Gasteiger partial charge in [-0.2, -0.15) is 0 Å². The Hall–Kier alpha value is -2.16. The fourth-order valence-corrected chi connectivity index (χ4v) is 2.31. The van der Waals surface area contributed by atoms with Crippen LogP contribution in [-0.4, -0.2) is 55.8 Å². The molecule has 0 aliphatic carbocycles. The summed E-state index contributed by atoms with van der Waals surface area (Å²) in [6.45, 7) is 5.11. The fourth-order valence-electron chi connectivity index (χ4n) is 2.31.